The fraction of sp³-hybridized carbons (Fsp3) is 0.733. The van der Waals surface area contributed by atoms with Gasteiger partial charge in [0, 0.05) is 24.3 Å². The number of anilines is 1. The van der Waals surface area contributed by atoms with Gasteiger partial charge >= 0.3 is 0 Å². The molecule has 0 spiro atoms. The van der Waals surface area contributed by atoms with Crippen LogP contribution < -0.4 is 10.6 Å². The Bertz CT molecular complexity index is 439. The lowest BCUT2D eigenvalue weighted by Gasteiger charge is -2.25. The third kappa shape index (κ3) is 3.46. The summed E-state index contributed by atoms with van der Waals surface area (Å²) in [5.74, 6) is 2.39. The van der Waals surface area contributed by atoms with Gasteiger partial charge in [-0.2, -0.15) is 0 Å². The number of piperidine rings is 1. The molecular formula is C15H24N4O. The maximum atomic E-state index is 5.52. The molecular weight excluding hydrogens is 252 g/mol. The first-order valence-corrected chi connectivity index (χ1v) is 7.72. The maximum absolute atomic E-state index is 5.52. The van der Waals surface area contributed by atoms with E-state index in [1.165, 1.54) is 18.5 Å². The van der Waals surface area contributed by atoms with Crippen LogP contribution in [-0.4, -0.2) is 42.3 Å². The van der Waals surface area contributed by atoms with Gasteiger partial charge in [-0.15, -0.1) is 0 Å². The number of aryl methyl sites for hydroxylation is 1. The van der Waals surface area contributed by atoms with Crippen LogP contribution in [0.2, 0.25) is 0 Å². The second-order valence-corrected chi connectivity index (χ2v) is 5.81. The predicted molar refractivity (Wildman–Crippen MR) is 79.1 cm³/mol. The summed E-state index contributed by atoms with van der Waals surface area (Å²) < 4.78 is 5.52. The topological polar surface area (TPSA) is 59.1 Å². The van der Waals surface area contributed by atoms with Crippen LogP contribution in [0.25, 0.3) is 0 Å². The summed E-state index contributed by atoms with van der Waals surface area (Å²) in [6.07, 6.45) is 4.62. The van der Waals surface area contributed by atoms with Gasteiger partial charge in [-0.25, -0.2) is 9.97 Å². The van der Waals surface area contributed by atoms with Crippen molar-refractivity contribution >= 4 is 5.82 Å². The van der Waals surface area contributed by atoms with Crippen LogP contribution in [0.4, 0.5) is 5.82 Å². The standard InChI is InChI=1S/C15H24N4O/c1-11-17-14(12-4-6-16-7-5-12)9-15(18-11)19-13-3-2-8-20-10-13/h9,12-13,16H,2-8,10H2,1H3,(H,17,18,19)/t13-/m0/s1. The van der Waals surface area contributed by atoms with E-state index in [0.717, 1.165) is 50.8 Å². The summed E-state index contributed by atoms with van der Waals surface area (Å²) in [4.78, 5) is 9.17. The summed E-state index contributed by atoms with van der Waals surface area (Å²) in [6.45, 7) is 5.83. The summed E-state index contributed by atoms with van der Waals surface area (Å²) in [7, 11) is 0. The minimum absolute atomic E-state index is 0.388. The molecule has 0 amide bonds. The van der Waals surface area contributed by atoms with E-state index in [4.69, 9.17) is 4.74 Å². The second-order valence-electron chi connectivity index (χ2n) is 5.81. The minimum Gasteiger partial charge on any atom is -0.379 e. The van der Waals surface area contributed by atoms with E-state index >= 15 is 0 Å². The average Bonchev–Trinajstić information content (AvgIpc) is 2.49. The molecule has 2 fully saturated rings. The fourth-order valence-corrected chi connectivity index (χ4v) is 3.06. The van der Waals surface area contributed by atoms with Crippen LogP contribution in [0.15, 0.2) is 6.07 Å². The van der Waals surface area contributed by atoms with Crippen LogP contribution in [0.1, 0.15) is 43.1 Å². The Labute approximate surface area is 120 Å². The highest BCUT2D eigenvalue weighted by molar-refractivity contribution is 5.38. The first-order valence-electron chi connectivity index (χ1n) is 7.72. The van der Waals surface area contributed by atoms with Crippen molar-refractivity contribution in [2.45, 2.75) is 44.6 Å². The van der Waals surface area contributed by atoms with Crippen LogP contribution >= 0.6 is 0 Å². The molecule has 0 aromatic carbocycles. The van der Waals surface area contributed by atoms with Gasteiger partial charge in [-0.3, -0.25) is 0 Å². The highest BCUT2D eigenvalue weighted by Gasteiger charge is 2.19. The van der Waals surface area contributed by atoms with Crippen molar-refractivity contribution in [3.05, 3.63) is 17.6 Å². The molecule has 2 aliphatic rings. The summed E-state index contributed by atoms with van der Waals surface area (Å²) >= 11 is 0. The Morgan fingerprint density at radius 1 is 1.25 bits per heavy atom. The lowest BCUT2D eigenvalue weighted by atomic mass is 9.94. The van der Waals surface area contributed by atoms with Gasteiger partial charge in [0.15, 0.2) is 0 Å². The van der Waals surface area contributed by atoms with E-state index in [2.05, 4.69) is 26.7 Å². The largest absolute Gasteiger partial charge is 0.379 e. The van der Waals surface area contributed by atoms with E-state index in [1.54, 1.807) is 0 Å². The molecule has 2 N–H and O–H groups in total. The molecule has 0 aliphatic carbocycles. The Balaban J connectivity index is 1.71. The Morgan fingerprint density at radius 3 is 2.85 bits per heavy atom. The molecule has 2 saturated heterocycles. The van der Waals surface area contributed by atoms with Crippen LogP contribution in [0.3, 0.4) is 0 Å². The smallest absolute Gasteiger partial charge is 0.130 e. The van der Waals surface area contributed by atoms with E-state index in [9.17, 15) is 0 Å². The Kier molecular flexibility index (Phi) is 4.47. The summed E-state index contributed by atoms with van der Waals surface area (Å²) in [6, 6.07) is 2.52. The zero-order valence-electron chi connectivity index (χ0n) is 12.2. The summed E-state index contributed by atoms with van der Waals surface area (Å²) in [5.41, 5.74) is 1.19. The maximum Gasteiger partial charge on any atom is 0.130 e. The van der Waals surface area contributed by atoms with Crippen molar-refractivity contribution in [3.63, 3.8) is 0 Å². The van der Waals surface area contributed by atoms with Crippen molar-refractivity contribution in [2.75, 3.05) is 31.6 Å². The third-order valence-electron chi connectivity index (χ3n) is 4.13. The van der Waals surface area contributed by atoms with Gasteiger partial charge in [0.1, 0.15) is 11.6 Å². The molecule has 1 aromatic rings. The molecule has 2 aliphatic heterocycles. The normalized spacial score (nSPS) is 24.6. The lowest BCUT2D eigenvalue weighted by Crippen LogP contribution is -2.31. The van der Waals surface area contributed by atoms with Crippen molar-refractivity contribution < 1.29 is 4.74 Å². The molecule has 0 unspecified atom stereocenters. The quantitative estimate of drug-likeness (QED) is 0.882. The zero-order chi connectivity index (χ0) is 13.8. The lowest BCUT2D eigenvalue weighted by molar-refractivity contribution is 0.0875. The number of hydrogen-bond donors (Lipinski definition) is 2. The molecule has 5 heteroatoms. The number of rotatable bonds is 3. The number of hydrogen-bond acceptors (Lipinski definition) is 5. The predicted octanol–water partition coefficient (Wildman–Crippen LogP) is 1.84. The molecule has 20 heavy (non-hydrogen) atoms. The molecule has 5 nitrogen and oxygen atoms in total. The number of ether oxygens (including phenoxy) is 1. The molecule has 3 rings (SSSR count). The van der Waals surface area contributed by atoms with Gasteiger partial charge in [0.25, 0.3) is 0 Å². The van der Waals surface area contributed by atoms with Crippen molar-refractivity contribution in [1.29, 1.82) is 0 Å². The van der Waals surface area contributed by atoms with Crippen molar-refractivity contribution in [1.82, 2.24) is 15.3 Å². The minimum atomic E-state index is 0.388. The number of nitrogens with one attached hydrogen (secondary N) is 2. The first-order chi connectivity index (χ1) is 9.81. The number of nitrogens with zero attached hydrogens (tertiary/aromatic N) is 2. The van der Waals surface area contributed by atoms with Gasteiger partial charge in [-0.1, -0.05) is 0 Å². The molecule has 1 atom stereocenters. The van der Waals surface area contributed by atoms with E-state index in [1.807, 2.05) is 6.92 Å². The van der Waals surface area contributed by atoms with Crippen LogP contribution in [0, 0.1) is 6.92 Å². The highest BCUT2D eigenvalue weighted by Crippen LogP contribution is 2.25. The molecule has 0 bridgehead atoms. The van der Waals surface area contributed by atoms with Gasteiger partial charge in [0.2, 0.25) is 0 Å². The zero-order valence-corrected chi connectivity index (χ0v) is 12.2. The van der Waals surface area contributed by atoms with Gasteiger partial charge < -0.3 is 15.4 Å². The van der Waals surface area contributed by atoms with Crippen LogP contribution in [-0.2, 0) is 4.74 Å². The third-order valence-corrected chi connectivity index (χ3v) is 4.13. The molecule has 1 aromatic heterocycles. The van der Waals surface area contributed by atoms with E-state index < -0.39 is 0 Å². The van der Waals surface area contributed by atoms with Crippen molar-refractivity contribution in [2.24, 2.45) is 0 Å². The average molecular weight is 276 g/mol. The Morgan fingerprint density at radius 2 is 2.10 bits per heavy atom. The molecule has 0 saturated carbocycles. The molecule has 0 radical (unpaired) electrons. The van der Waals surface area contributed by atoms with Gasteiger partial charge in [-0.05, 0) is 45.7 Å². The van der Waals surface area contributed by atoms with E-state index in [0.29, 0.717) is 12.0 Å². The Hall–Kier alpha value is -1.20. The number of aromatic nitrogens is 2. The molecule has 3 heterocycles. The fourth-order valence-electron chi connectivity index (χ4n) is 3.06. The first kappa shape index (κ1) is 13.8. The van der Waals surface area contributed by atoms with Crippen LogP contribution in [0.5, 0.6) is 0 Å². The summed E-state index contributed by atoms with van der Waals surface area (Å²) in [5, 5.41) is 6.91. The molecule has 110 valence electrons. The van der Waals surface area contributed by atoms with Gasteiger partial charge in [0.05, 0.1) is 12.6 Å². The second kappa shape index (κ2) is 6.50. The van der Waals surface area contributed by atoms with Crippen molar-refractivity contribution in [3.8, 4) is 0 Å². The SMILES string of the molecule is Cc1nc(N[C@H]2CCCOC2)cc(C2CCNCC2)n1. The highest BCUT2D eigenvalue weighted by atomic mass is 16.5. The van der Waals surface area contributed by atoms with E-state index in [-0.39, 0.29) is 0 Å². The monoisotopic (exact) mass is 276 g/mol.